The van der Waals surface area contributed by atoms with Gasteiger partial charge in [-0.05, 0) is 65.3 Å². The topological polar surface area (TPSA) is 69.7 Å². The molecule has 2 fully saturated rings. The first-order chi connectivity index (χ1) is 16.4. The van der Waals surface area contributed by atoms with Gasteiger partial charge in [0, 0.05) is 49.8 Å². The van der Waals surface area contributed by atoms with Gasteiger partial charge in [0.05, 0.1) is 0 Å². The number of thiophene rings is 1. The van der Waals surface area contributed by atoms with Crippen molar-refractivity contribution in [2.24, 2.45) is 5.41 Å². The van der Waals surface area contributed by atoms with Gasteiger partial charge in [0.15, 0.2) is 0 Å². The fourth-order valence-corrected chi connectivity index (χ4v) is 6.28. The molecule has 0 saturated carbocycles. The van der Waals surface area contributed by atoms with Crippen molar-refractivity contribution in [1.29, 1.82) is 0 Å². The Morgan fingerprint density at radius 2 is 1.79 bits per heavy atom. The van der Waals surface area contributed by atoms with Gasteiger partial charge in [0.25, 0.3) is 0 Å². The Morgan fingerprint density at radius 3 is 2.44 bits per heavy atom. The van der Waals surface area contributed by atoms with Crippen LogP contribution in [0.1, 0.15) is 31.7 Å². The first-order valence-electron chi connectivity index (χ1n) is 11.7. The predicted octanol–water partition coefficient (Wildman–Crippen LogP) is 3.90. The third-order valence-corrected chi connectivity index (χ3v) is 8.49. The number of nitrogens with zero attached hydrogens (tertiary/aromatic N) is 2. The Bertz CT molecular complexity index is 1020. The van der Waals surface area contributed by atoms with E-state index in [4.69, 9.17) is 0 Å². The number of piperidine rings is 1. The molecule has 1 aromatic carbocycles. The number of thioether (sulfide) groups is 1. The number of nitrogens with one attached hydrogen (secondary N) is 1. The van der Waals surface area contributed by atoms with Gasteiger partial charge in [-0.3, -0.25) is 14.4 Å². The maximum Gasteiger partial charge on any atom is 0.246 e. The summed E-state index contributed by atoms with van der Waals surface area (Å²) in [5.41, 5.74) is 1.12. The largest absolute Gasteiger partial charge is 0.344 e. The highest BCUT2D eigenvalue weighted by Gasteiger charge is 2.43. The van der Waals surface area contributed by atoms with E-state index in [1.165, 1.54) is 6.92 Å². The minimum absolute atomic E-state index is 0.00675. The van der Waals surface area contributed by atoms with Crippen LogP contribution in [0.2, 0.25) is 0 Å². The van der Waals surface area contributed by atoms with Crippen LogP contribution in [0.3, 0.4) is 0 Å². The number of hydrogen-bond donors (Lipinski definition) is 1. The van der Waals surface area contributed by atoms with Gasteiger partial charge in [-0.25, -0.2) is 0 Å². The summed E-state index contributed by atoms with van der Waals surface area (Å²) in [6, 6.07) is 11.4. The summed E-state index contributed by atoms with van der Waals surface area (Å²) in [4.78, 5) is 42.6. The first-order valence-corrected chi connectivity index (χ1v) is 13.6. The average Bonchev–Trinajstić information content (AvgIpc) is 3.51. The number of likely N-dealkylation sites (tertiary alicyclic amines) is 2. The van der Waals surface area contributed by atoms with Crippen LogP contribution in [-0.4, -0.2) is 65.5 Å². The van der Waals surface area contributed by atoms with E-state index < -0.39 is 6.04 Å². The molecule has 2 aliphatic heterocycles. The SMILES string of the molecule is CC(=O)NC(CSc1ccccc1)C(=O)N1CCC2(CCN(C(=O)C=Cc3ccsc3)CC2)C1. The molecule has 2 aliphatic rings. The molecule has 0 radical (unpaired) electrons. The van der Waals surface area contributed by atoms with E-state index >= 15 is 0 Å². The Balaban J connectivity index is 1.31. The molecule has 1 unspecified atom stereocenters. The predicted molar refractivity (Wildman–Crippen MR) is 138 cm³/mol. The molecule has 1 aromatic heterocycles. The van der Waals surface area contributed by atoms with E-state index in [0.717, 1.165) is 29.7 Å². The van der Waals surface area contributed by atoms with E-state index in [9.17, 15) is 14.4 Å². The third-order valence-electron chi connectivity index (χ3n) is 6.68. The van der Waals surface area contributed by atoms with Crippen molar-refractivity contribution in [2.75, 3.05) is 31.9 Å². The lowest BCUT2D eigenvalue weighted by Gasteiger charge is -2.39. The smallest absolute Gasteiger partial charge is 0.246 e. The van der Waals surface area contributed by atoms with Crippen LogP contribution < -0.4 is 5.32 Å². The number of benzene rings is 1. The summed E-state index contributed by atoms with van der Waals surface area (Å²) < 4.78 is 0. The van der Waals surface area contributed by atoms with Gasteiger partial charge in [0.2, 0.25) is 17.7 Å². The lowest BCUT2D eigenvalue weighted by atomic mass is 9.78. The number of carbonyl (C=O) groups is 3. The molecule has 1 spiro atoms. The minimum Gasteiger partial charge on any atom is -0.344 e. The molecule has 3 heterocycles. The molecule has 34 heavy (non-hydrogen) atoms. The second-order valence-corrected chi connectivity index (χ2v) is 11.0. The van der Waals surface area contributed by atoms with Crippen molar-refractivity contribution >= 4 is 46.9 Å². The van der Waals surface area contributed by atoms with Crippen molar-refractivity contribution in [1.82, 2.24) is 15.1 Å². The monoisotopic (exact) mass is 497 g/mol. The highest BCUT2D eigenvalue weighted by Crippen LogP contribution is 2.40. The van der Waals surface area contributed by atoms with Crippen LogP contribution in [-0.2, 0) is 14.4 Å². The zero-order valence-corrected chi connectivity index (χ0v) is 21.1. The highest BCUT2D eigenvalue weighted by molar-refractivity contribution is 7.99. The van der Waals surface area contributed by atoms with Gasteiger partial charge in [-0.15, -0.1) is 11.8 Å². The molecule has 1 atom stereocenters. The van der Waals surface area contributed by atoms with Crippen LogP contribution in [0.4, 0.5) is 0 Å². The summed E-state index contributed by atoms with van der Waals surface area (Å²) in [6.45, 7) is 4.29. The molecule has 3 amide bonds. The van der Waals surface area contributed by atoms with Crippen molar-refractivity contribution in [3.05, 3.63) is 58.8 Å². The van der Waals surface area contributed by atoms with Crippen molar-refractivity contribution < 1.29 is 14.4 Å². The van der Waals surface area contributed by atoms with E-state index in [-0.39, 0.29) is 23.1 Å². The number of rotatable bonds is 7. The molecule has 1 N–H and O–H groups in total. The quantitative estimate of drug-likeness (QED) is 0.465. The molecular formula is C26H31N3O3S2. The number of carbonyl (C=O) groups excluding carboxylic acids is 3. The molecule has 180 valence electrons. The van der Waals surface area contributed by atoms with Gasteiger partial charge in [0.1, 0.15) is 6.04 Å². The van der Waals surface area contributed by atoms with Crippen LogP contribution in [0.15, 0.2) is 58.1 Å². The normalized spacial score (nSPS) is 18.4. The van der Waals surface area contributed by atoms with Crippen LogP contribution in [0, 0.1) is 5.41 Å². The fourth-order valence-electron chi connectivity index (χ4n) is 4.71. The molecule has 6 nitrogen and oxygen atoms in total. The standard InChI is InChI=1S/C26H31N3O3S2/c1-20(30)27-23(18-34-22-5-3-2-4-6-22)25(32)29-15-12-26(19-29)10-13-28(14-11-26)24(31)8-7-21-9-16-33-17-21/h2-9,16-17,23H,10-15,18-19H2,1H3,(H,27,30). The van der Waals surface area contributed by atoms with Gasteiger partial charge in [-0.2, -0.15) is 11.3 Å². The molecule has 4 rings (SSSR count). The second kappa shape index (κ2) is 11.2. The second-order valence-electron chi connectivity index (χ2n) is 9.10. The van der Waals surface area contributed by atoms with E-state index in [2.05, 4.69) is 5.32 Å². The molecular weight excluding hydrogens is 466 g/mol. The molecule has 8 heteroatoms. The third kappa shape index (κ3) is 6.30. The Hall–Kier alpha value is -2.58. The van der Waals surface area contributed by atoms with Crippen LogP contribution >= 0.6 is 23.1 Å². The number of hydrogen-bond acceptors (Lipinski definition) is 5. The van der Waals surface area contributed by atoms with Crippen molar-refractivity contribution in [3.63, 3.8) is 0 Å². The molecule has 2 saturated heterocycles. The van der Waals surface area contributed by atoms with E-state index in [0.29, 0.717) is 31.9 Å². The molecule has 0 aliphatic carbocycles. The van der Waals surface area contributed by atoms with Gasteiger partial charge < -0.3 is 15.1 Å². The molecule has 0 bridgehead atoms. The van der Waals surface area contributed by atoms with E-state index in [1.54, 1.807) is 29.2 Å². The summed E-state index contributed by atoms with van der Waals surface area (Å²) in [6.07, 6.45) is 6.28. The maximum absolute atomic E-state index is 13.3. The summed E-state index contributed by atoms with van der Waals surface area (Å²) in [7, 11) is 0. The van der Waals surface area contributed by atoms with Crippen LogP contribution in [0.25, 0.3) is 6.08 Å². The summed E-state index contributed by atoms with van der Waals surface area (Å²) in [5, 5.41) is 6.87. The van der Waals surface area contributed by atoms with Gasteiger partial charge in [-0.1, -0.05) is 18.2 Å². The Kier molecular flexibility index (Phi) is 8.11. The minimum atomic E-state index is -0.540. The van der Waals surface area contributed by atoms with E-state index in [1.807, 2.05) is 63.0 Å². The lowest BCUT2D eigenvalue weighted by Crippen LogP contribution is -2.50. The molecule has 2 aromatic rings. The fraction of sp³-hybridized carbons (Fsp3) is 0.423. The Labute approximate surface area is 209 Å². The van der Waals surface area contributed by atoms with Crippen molar-refractivity contribution in [3.8, 4) is 0 Å². The zero-order chi connectivity index (χ0) is 24.0. The van der Waals surface area contributed by atoms with Crippen LogP contribution in [0.5, 0.6) is 0 Å². The summed E-state index contributed by atoms with van der Waals surface area (Å²) in [5.74, 6) is 0.358. The summed E-state index contributed by atoms with van der Waals surface area (Å²) >= 11 is 3.20. The van der Waals surface area contributed by atoms with Crippen molar-refractivity contribution in [2.45, 2.75) is 37.1 Å². The number of amides is 3. The Morgan fingerprint density at radius 1 is 1.09 bits per heavy atom. The average molecular weight is 498 g/mol. The first kappa shape index (κ1) is 24.5. The lowest BCUT2D eigenvalue weighted by molar-refractivity contribution is -0.135. The van der Waals surface area contributed by atoms with Gasteiger partial charge >= 0.3 is 0 Å². The maximum atomic E-state index is 13.3. The highest BCUT2D eigenvalue weighted by atomic mass is 32.2. The zero-order valence-electron chi connectivity index (χ0n) is 19.4.